The first-order chi connectivity index (χ1) is 8.69. The van der Waals surface area contributed by atoms with Gasteiger partial charge in [0.15, 0.2) is 0 Å². The molecule has 1 amide bonds. The van der Waals surface area contributed by atoms with Crippen LogP contribution in [0, 0.1) is 0 Å². The summed E-state index contributed by atoms with van der Waals surface area (Å²) in [7, 11) is 1.61. The van der Waals surface area contributed by atoms with Gasteiger partial charge < -0.3 is 14.5 Å². The highest BCUT2D eigenvalue weighted by Gasteiger charge is 2.19. The molecule has 0 fully saturated rings. The fourth-order valence-electron chi connectivity index (χ4n) is 1.70. The van der Waals surface area contributed by atoms with Crippen molar-refractivity contribution in [1.82, 2.24) is 10.6 Å². The molecule has 0 spiro atoms. The second-order valence-corrected chi connectivity index (χ2v) is 4.15. The van der Waals surface area contributed by atoms with Gasteiger partial charge in [-0.3, -0.25) is 10.1 Å². The summed E-state index contributed by atoms with van der Waals surface area (Å²) in [6, 6.07) is 3.56. The Morgan fingerprint density at radius 1 is 1.56 bits per heavy atom. The summed E-state index contributed by atoms with van der Waals surface area (Å²) < 4.78 is 10.2. The van der Waals surface area contributed by atoms with Crippen molar-refractivity contribution >= 4 is 5.91 Å². The predicted octanol–water partition coefficient (Wildman–Crippen LogP) is 1.47. The Labute approximate surface area is 108 Å². The average molecular weight is 254 g/mol. The number of carbonyl (C=O) groups excluding carboxylic acids is 1. The van der Waals surface area contributed by atoms with Gasteiger partial charge in [-0.1, -0.05) is 6.92 Å². The number of amides is 1. The molecule has 0 radical (unpaired) electrons. The van der Waals surface area contributed by atoms with Gasteiger partial charge >= 0.3 is 0 Å². The van der Waals surface area contributed by atoms with E-state index in [1.807, 2.05) is 19.1 Å². The summed E-state index contributed by atoms with van der Waals surface area (Å²) in [4.78, 5) is 11.8. The minimum Gasteiger partial charge on any atom is -0.468 e. The lowest BCUT2D eigenvalue weighted by Gasteiger charge is -2.20. The van der Waals surface area contributed by atoms with Crippen LogP contribution < -0.4 is 10.6 Å². The SMILES string of the molecule is CCC(NC(C)C(=O)NCCOC)c1ccco1. The molecule has 0 bridgehead atoms. The number of hydrogen-bond acceptors (Lipinski definition) is 4. The smallest absolute Gasteiger partial charge is 0.236 e. The molecule has 2 atom stereocenters. The molecule has 1 aromatic rings. The van der Waals surface area contributed by atoms with Crippen LogP contribution in [0.3, 0.4) is 0 Å². The standard InChI is InChI=1S/C13H22N2O3/c1-4-11(12-6-5-8-18-12)15-10(2)13(16)14-7-9-17-3/h5-6,8,10-11,15H,4,7,9H2,1-3H3,(H,14,16). The van der Waals surface area contributed by atoms with E-state index in [1.165, 1.54) is 0 Å². The van der Waals surface area contributed by atoms with E-state index in [4.69, 9.17) is 9.15 Å². The van der Waals surface area contributed by atoms with Gasteiger partial charge in [0.05, 0.1) is 25.0 Å². The lowest BCUT2D eigenvalue weighted by Crippen LogP contribution is -2.44. The number of ether oxygens (including phenoxy) is 1. The molecule has 0 aliphatic carbocycles. The molecule has 2 unspecified atom stereocenters. The molecule has 0 aromatic carbocycles. The van der Waals surface area contributed by atoms with E-state index in [2.05, 4.69) is 17.6 Å². The van der Waals surface area contributed by atoms with E-state index in [9.17, 15) is 4.79 Å². The summed E-state index contributed by atoms with van der Waals surface area (Å²) in [5.41, 5.74) is 0. The van der Waals surface area contributed by atoms with Crippen LogP contribution in [0.1, 0.15) is 32.1 Å². The van der Waals surface area contributed by atoms with Crippen LogP contribution in [0.2, 0.25) is 0 Å². The first-order valence-electron chi connectivity index (χ1n) is 6.25. The summed E-state index contributed by atoms with van der Waals surface area (Å²) in [5, 5.41) is 6.05. The van der Waals surface area contributed by atoms with Crippen LogP contribution in [0.5, 0.6) is 0 Å². The number of hydrogen-bond donors (Lipinski definition) is 2. The van der Waals surface area contributed by atoms with Crippen molar-refractivity contribution in [2.24, 2.45) is 0 Å². The Balaban J connectivity index is 2.42. The minimum atomic E-state index is -0.267. The largest absolute Gasteiger partial charge is 0.468 e. The molecule has 1 heterocycles. The van der Waals surface area contributed by atoms with Gasteiger partial charge in [-0.25, -0.2) is 0 Å². The molecule has 2 N–H and O–H groups in total. The quantitative estimate of drug-likeness (QED) is 0.690. The van der Waals surface area contributed by atoms with Crippen LogP contribution in [-0.4, -0.2) is 32.2 Å². The zero-order valence-electron chi connectivity index (χ0n) is 11.2. The van der Waals surface area contributed by atoms with Crippen molar-refractivity contribution in [2.45, 2.75) is 32.4 Å². The van der Waals surface area contributed by atoms with Gasteiger partial charge in [0.2, 0.25) is 5.91 Å². The Hall–Kier alpha value is -1.33. The first kappa shape index (κ1) is 14.7. The molecule has 5 heteroatoms. The summed E-state index contributed by atoms with van der Waals surface area (Å²) in [6.45, 7) is 4.94. The highest BCUT2D eigenvalue weighted by molar-refractivity contribution is 5.81. The van der Waals surface area contributed by atoms with E-state index in [0.29, 0.717) is 13.2 Å². The van der Waals surface area contributed by atoms with Gasteiger partial charge in [0, 0.05) is 13.7 Å². The molecule has 0 saturated heterocycles. The molecule has 18 heavy (non-hydrogen) atoms. The first-order valence-corrected chi connectivity index (χ1v) is 6.25. The highest BCUT2D eigenvalue weighted by Crippen LogP contribution is 2.17. The Bertz CT molecular complexity index is 338. The van der Waals surface area contributed by atoms with Crippen LogP contribution in [0.4, 0.5) is 0 Å². The maximum Gasteiger partial charge on any atom is 0.236 e. The second-order valence-electron chi connectivity index (χ2n) is 4.15. The maximum atomic E-state index is 11.8. The van der Waals surface area contributed by atoms with Crippen LogP contribution in [-0.2, 0) is 9.53 Å². The number of methoxy groups -OCH3 is 1. The van der Waals surface area contributed by atoms with E-state index in [1.54, 1.807) is 13.4 Å². The average Bonchev–Trinajstić information content (AvgIpc) is 2.89. The molecule has 0 saturated carbocycles. The number of carbonyl (C=O) groups is 1. The Kier molecular flexibility index (Phi) is 6.46. The van der Waals surface area contributed by atoms with Gasteiger partial charge in [-0.2, -0.15) is 0 Å². The van der Waals surface area contributed by atoms with E-state index < -0.39 is 0 Å². The minimum absolute atomic E-state index is 0.0305. The summed E-state index contributed by atoms with van der Waals surface area (Å²) in [6.07, 6.45) is 2.51. The van der Waals surface area contributed by atoms with Gasteiger partial charge in [-0.15, -0.1) is 0 Å². The van der Waals surface area contributed by atoms with Crippen molar-refractivity contribution in [3.63, 3.8) is 0 Å². The van der Waals surface area contributed by atoms with Gasteiger partial charge in [-0.05, 0) is 25.5 Å². The van der Waals surface area contributed by atoms with Crippen LogP contribution in [0.25, 0.3) is 0 Å². The van der Waals surface area contributed by atoms with Crippen molar-refractivity contribution in [3.05, 3.63) is 24.2 Å². The molecule has 5 nitrogen and oxygen atoms in total. The maximum absolute atomic E-state index is 11.8. The lowest BCUT2D eigenvalue weighted by molar-refractivity contribution is -0.123. The predicted molar refractivity (Wildman–Crippen MR) is 69.2 cm³/mol. The Morgan fingerprint density at radius 2 is 2.33 bits per heavy atom. The fourth-order valence-corrected chi connectivity index (χ4v) is 1.70. The number of nitrogens with one attached hydrogen (secondary N) is 2. The van der Waals surface area contributed by atoms with Crippen molar-refractivity contribution in [3.8, 4) is 0 Å². The molecular formula is C13H22N2O3. The number of furan rings is 1. The van der Waals surface area contributed by atoms with Crippen molar-refractivity contribution in [1.29, 1.82) is 0 Å². The van der Waals surface area contributed by atoms with E-state index in [0.717, 1.165) is 12.2 Å². The lowest BCUT2D eigenvalue weighted by atomic mass is 10.1. The second kappa shape index (κ2) is 7.89. The Morgan fingerprint density at radius 3 is 2.89 bits per heavy atom. The van der Waals surface area contributed by atoms with Crippen LogP contribution in [0.15, 0.2) is 22.8 Å². The summed E-state index contributed by atoms with van der Waals surface area (Å²) in [5.74, 6) is 0.825. The van der Waals surface area contributed by atoms with E-state index >= 15 is 0 Å². The zero-order chi connectivity index (χ0) is 13.4. The molecule has 1 rings (SSSR count). The van der Waals surface area contributed by atoms with E-state index in [-0.39, 0.29) is 18.0 Å². The third-order valence-electron chi connectivity index (χ3n) is 2.74. The van der Waals surface area contributed by atoms with Crippen LogP contribution >= 0.6 is 0 Å². The molecule has 102 valence electrons. The fraction of sp³-hybridized carbons (Fsp3) is 0.615. The monoisotopic (exact) mass is 254 g/mol. The molecular weight excluding hydrogens is 232 g/mol. The summed E-state index contributed by atoms with van der Waals surface area (Å²) >= 11 is 0. The zero-order valence-corrected chi connectivity index (χ0v) is 11.2. The highest BCUT2D eigenvalue weighted by atomic mass is 16.5. The third-order valence-corrected chi connectivity index (χ3v) is 2.74. The van der Waals surface area contributed by atoms with Crippen molar-refractivity contribution in [2.75, 3.05) is 20.3 Å². The van der Waals surface area contributed by atoms with Crippen molar-refractivity contribution < 1.29 is 13.9 Å². The van der Waals surface area contributed by atoms with Gasteiger partial charge in [0.1, 0.15) is 5.76 Å². The molecule has 0 aliphatic heterocycles. The molecule has 0 aliphatic rings. The normalized spacial score (nSPS) is 14.2. The topological polar surface area (TPSA) is 63.5 Å². The number of rotatable bonds is 8. The molecule has 1 aromatic heterocycles. The van der Waals surface area contributed by atoms with Gasteiger partial charge in [0.25, 0.3) is 0 Å². The third kappa shape index (κ3) is 4.50.